The van der Waals surface area contributed by atoms with Crippen molar-refractivity contribution < 1.29 is 4.74 Å². The summed E-state index contributed by atoms with van der Waals surface area (Å²) in [5.41, 5.74) is 0. The second-order valence-electron chi connectivity index (χ2n) is 3.65. The summed E-state index contributed by atoms with van der Waals surface area (Å²) in [5, 5.41) is 0. The van der Waals surface area contributed by atoms with E-state index in [0.717, 1.165) is 6.54 Å². The second-order valence-corrected chi connectivity index (χ2v) is 3.65. The highest BCUT2D eigenvalue weighted by Crippen LogP contribution is 2.01. The van der Waals surface area contributed by atoms with Crippen molar-refractivity contribution in [2.45, 2.75) is 13.0 Å². The SMILES string of the molecule is COC(C)CN1CCN(C)CC1. The third kappa shape index (κ3) is 3.09. The zero-order chi connectivity index (χ0) is 8.97. The highest BCUT2D eigenvalue weighted by atomic mass is 16.5. The highest BCUT2D eigenvalue weighted by molar-refractivity contribution is 4.70. The Kier molecular flexibility index (Phi) is 3.98. The molecule has 1 aliphatic heterocycles. The summed E-state index contributed by atoms with van der Waals surface area (Å²) < 4.78 is 5.22. The van der Waals surface area contributed by atoms with Crippen molar-refractivity contribution in [3.63, 3.8) is 0 Å². The number of rotatable bonds is 3. The van der Waals surface area contributed by atoms with Crippen molar-refractivity contribution in [2.24, 2.45) is 0 Å². The van der Waals surface area contributed by atoms with E-state index in [0.29, 0.717) is 6.10 Å². The summed E-state index contributed by atoms with van der Waals surface area (Å²) in [4.78, 5) is 4.84. The van der Waals surface area contributed by atoms with Crippen molar-refractivity contribution in [1.29, 1.82) is 0 Å². The van der Waals surface area contributed by atoms with Gasteiger partial charge >= 0.3 is 0 Å². The summed E-state index contributed by atoms with van der Waals surface area (Å²) in [6, 6.07) is 0. The van der Waals surface area contributed by atoms with Gasteiger partial charge in [-0.25, -0.2) is 0 Å². The lowest BCUT2D eigenvalue weighted by Gasteiger charge is -2.33. The molecule has 72 valence electrons. The van der Waals surface area contributed by atoms with E-state index >= 15 is 0 Å². The molecule has 0 bridgehead atoms. The van der Waals surface area contributed by atoms with Gasteiger partial charge in [0.05, 0.1) is 6.10 Å². The number of methoxy groups -OCH3 is 1. The predicted molar refractivity (Wildman–Crippen MR) is 50.4 cm³/mol. The van der Waals surface area contributed by atoms with Gasteiger partial charge in [0.25, 0.3) is 0 Å². The Hall–Kier alpha value is -0.120. The highest BCUT2D eigenvalue weighted by Gasteiger charge is 2.15. The van der Waals surface area contributed by atoms with Crippen molar-refractivity contribution >= 4 is 0 Å². The van der Waals surface area contributed by atoms with Crippen LogP contribution in [0.2, 0.25) is 0 Å². The Morgan fingerprint density at radius 1 is 1.25 bits per heavy atom. The molecular weight excluding hydrogens is 152 g/mol. The van der Waals surface area contributed by atoms with Crippen molar-refractivity contribution in [2.75, 3.05) is 46.9 Å². The number of hydrogen-bond donors (Lipinski definition) is 0. The Labute approximate surface area is 75.3 Å². The fraction of sp³-hybridized carbons (Fsp3) is 1.00. The number of nitrogens with zero attached hydrogens (tertiary/aromatic N) is 2. The molecule has 0 aromatic rings. The summed E-state index contributed by atoms with van der Waals surface area (Å²) >= 11 is 0. The molecule has 1 rings (SSSR count). The van der Waals surface area contributed by atoms with E-state index in [-0.39, 0.29) is 0 Å². The lowest BCUT2D eigenvalue weighted by Crippen LogP contribution is -2.46. The Morgan fingerprint density at radius 3 is 2.33 bits per heavy atom. The quantitative estimate of drug-likeness (QED) is 0.607. The minimum Gasteiger partial charge on any atom is -0.380 e. The lowest BCUT2D eigenvalue weighted by atomic mass is 10.3. The third-order valence-electron chi connectivity index (χ3n) is 2.51. The van der Waals surface area contributed by atoms with E-state index in [4.69, 9.17) is 4.74 Å². The molecule has 1 heterocycles. The Balaban J connectivity index is 2.17. The van der Waals surface area contributed by atoms with Gasteiger partial charge in [0.2, 0.25) is 0 Å². The fourth-order valence-electron chi connectivity index (χ4n) is 1.47. The van der Waals surface area contributed by atoms with Gasteiger partial charge in [0, 0.05) is 39.8 Å². The van der Waals surface area contributed by atoms with Crippen LogP contribution >= 0.6 is 0 Å². The van der Waals surface area contributed by atoms with Crippen molar-refractivity contribution in [1.82, 2.24) is 9.80 Å². The first-order valence-electron chi connectivity index (χ1n) is 4.66. The van der Waals surface area contributed by atoms with Gasteiger partial charge < -0.3 is 9.64 Å². The first-order chi connectivity index (χ1) is 5.72. The van der Waals surface area contributed by atoms with Gasteiger partial charge in [-0.2, -0.15) is 0 Å². The number of hydrogen-bond acceptors (Lipinski definition) is 3. The van der Waals surface area contributed by atoms with E-state index in [1.54, 1.807) is 7.11 Å². The Bertz CT molecular complexity index is 122. The van der Waals surface area contributed by atoms with Crippen LogP contribution < -0.4 is 0 Å². The molecule has 1 unspecified atom stereocenters. The van der Waals surface area contributed by atoms with Gasteiger partial charge in [-0.05, 0) is 14.0 Å². The summed E-state index contributed by atoms with van der Waals surface area (Å²) in [6.45, 7) is 7.95. The first kappa shape index (κ1) is 9.96. The van der Waals surface area contributed by atoms with E-state index in [9.17, 15) is 0 Å². The molecular formula is C9H20N2O. The number of likely N-dealkylation sites (N-methyl/N-ethyl adjacent to an activating group) is 1. The minimum absolute atomic E-state index is 0.369. The zero-order valence-electron chi connectivity index (χ0n) is 8.42. The molecule has 1 fully saturated rings. The van der Waals surface area contributed by atoms with Crippen LogP contribution in [0, 0.1) is 0 Å². The molecule has 3 nitrogen and oxygen atoms in total. The monoisotopic (exact) mass is 172 g/mol. The molecule has 1 aliphatic rings. The third-order valence-corrected chi connectivity index (χ3v) is 2.51. The molecule has 0 aromatic heterocycles. The average Bonchev–Trinajstić information content (AvgIpc) is 2.09. The maximum atomic E-state index is 5.22. The molecule has 1 atom stereocenters. The van der Waals surface area contributed by atoms with Crippen LogP contribution in [0.15, 0.2) is 0 Å². The van der Waals surface area contributed by atoms with Crippen LogP contribution in [0.3, 0.4) is 0 Å². The van der Waals surface area contributed by atoms with E-state index in [1.165, 1.54) is 26.2 Å². The van der Waals surface area contributed by atoms with E-state index < -0.39 is 0 Å². The maximum absolute atomic E-state index is 5.22. The minimum atomic E-state index is 0.369. The van der Waals surface area contributed by atoms with Crippen LogP contribution in [-0.4, -0.2) is 62.8 Å². The largest absolute Gasteiger partial charge is 0.380 e. The number of ether oxygens (including phenoxy) is 1. The molecule has 0 radical (unpaired) electrons. The van der Waals surface area contributed by atoms with Crippen LogP contribution in [0.5, 0.6) is 0 Å². The fourth-order valence-corrected chi connectivity index (χ4v) is 1.47. The van der Waals surface area contributed by atoms with Crippen LogP contribution in [0.4, 0.5) is 0 Å². The molecule has 0 aromatic carbocycles. The average molecular weight is 172 g/mol. The molecule has 0 aliphatic carbocycles. The van der Waals surface area contributed by atoms with Crippen molar-refractivity contribution in [3.8, 4) is 0 Å². The lowest BCUT2D eigenvalue weighted by molar-refractivity contribution is 0.0575. The summed E-state index contributed by atoms with van der Waals surface area (Å²) in [6.07, 6.45) is 0.369. The molecule has 0 amide bonds. The van der Waals surface area contributed by atoms with Gasteiger partial charge in [-0.15, -0.1) is 0 Å². The van der Waals surface area contributed by atoms with E-state index in [1.807, 2.05) is 0 Å². The molecule has 0 spiro atoms. The van der Waals surface area contributed by atoms with Gasteiger partial charge in [-0.1, -0.05) is 0 Å². The van der Waals surface area contributed by atoms with Gasteiger partial charge in [0.15, 0.2) is 0 Å². The standard InChI is InChI=1S/C9H20N2O/c1-9(12-3)8-11-6-4-10(2)5-7-11/h9H,4-8H2,1-3H3. The molecule has 1 saturated heterocycles. The van der Waals surface area contributed by atoms with Crippen LogP contribution in [0.1, 0.15) is 6.92 Å². The number of piperazine rings is 1. The summed E-state index contributed by atoms with van der Waals surface area (Å²) in [7, 11) is 3.96. The molecule has 0 saturated carbocycles. The van der Waals surface area contributed by atoms with Crippen molar-refractivity contribution in [3.05, 3.63) is 0 Å². The maximum Gasteiger partial charge on any atom is 0.0670 e. The van der Waals surface area contributed by atoms with E-state index in [2.05, 4.69) is 23.8 Å². The predicted octanol–water partition coefficient (Wildman–Crippen LogP) is 0.269. The Morgan fingerprint density at radius 2 is 1.83 bits per heavy atom. The van der Waals surface area contributed by atoms with Gasteiger partial charge in [-0.3, -0.25) is 4.90 Å². The molecule has 12 heavy (non-hydrogen) atoms. The van der Waals surface area contributed by atoms with Crippen LogP contribution in [-0.2, 0) is 4.74 Å². The first-order valence-corrected chi connectivity index (χ1v) is 4.66. The summed E-state index contributed by atoms with van der Waals surface area (Å²) in [5.74, 6) is 0. The zero-order valence-corrected chi connectivity index (χ0v) is 8.42. The second kappa shape index (κ2) is 4.80. The van der Waals surface area contributed by atoms with Gasteiger partial charge in [0.1, 0.15) is 0 Å². The van der Waals surface area contributed by atoms with Crippen LogP contribution in [0.25, 0.3) is 0 Å². The molecule has 3 heteroatoms. The smallest absolute Gasteiger partial charge is 0.0670 e. The topological polar surface area (TPSA) is 15.7 Å². The normalized spacial score (nSPS) is 24.2. The molecule has 0 N–H and O–H groups in total.